The highest BCUT2D eigenvalue weighted by atomic mass is 32.2. The van der Waals surface area contributed by atoms with Gasteiger partial charge < -0.3 is 10.2 Å². The summed E-state index contributed by atoms with van der Waals surface area (Å²) in [5.74, 6) is 2.10. The summed E-state index contributed by atoms with van der Waals surface area (Å²) in [5.41, 5.74) is 3.02. The summed E-state index contributed by atoms with van der Waals surface area (Å²) in [6.07, 6.45) is 0. The minimum absolute atomic E-state index is 0.0138. The zero-order valence-corrected chi connectivity index (χ0v) is 21.5. The second kappa shape index (κ2) is 12.0. The highest BCUT2D eigenvalue weighted by molar-refractivity contribution is 8.03. The first-order valence-electron chi connectivity index (χ1n) is 10.8. The van der Waals surface area contributed by atoms with Crippen molar-refractivity contribution in [3.8, 4) is 0 Å². The Labute approximate surface area is 202 Å². The molecule has 0 unspecified atom stereocenters. The molecule has 1 aliphatic rings. The summed E-state index contributed by atoms with van der Waals surface area (Å²) in [6.45, 7) is 11.4. The van der Waals surface area contributed by atoms with E-state index in [4.69, 9.17) is 0 Å². The molecule has 1 N–H and O–H groups in total. The van der Waals surface area contributed by atoms with Gasteiger partial charge in [-0.25, -0.2) is 0 Å². The fourth-order valence-electron chi connectivity index (χ4n) is 3.32. The van der Waals surface area contributed by atoms with Crippen molar-refractivity contribution in [2.24, 2.45) is 5.92 Å². The Hall–Kier alpha value is -1.62. The summed E-state index contributed by atoms with van der Waals surface area (Å²) in [5, 5.41) is 11.4. The van der Waals surface area contributed by atoms with Crippen LogP contribution in [0.3, 0.4) is 0 Å². The standard InChI is InChI=1S/C22H31N5O2S3/c1-15(2)13-30-21-24-25-22(32-21)31-14-19(29)27-10-8-26(9-11-27)12-18(28)23-20-16(3)6-5-7-17(20)4/h5-7,15H,8-14H2,1-4H3,(H,23,28). The van der Waals surface area contributed by atoms with Crippen LogP contribution in [0.5, 0.6) is 0 Å². The normalized spacial score (nSPS) is 14.7. The number of amides is 2. The lowest BCUT2D eigenvalue weighted by atomic mass is 10.1. The number of aryl methyl sites for hydroxylation is 2. The van der Waals surface area contributed by atoms with E-state index in [0.717, 1.165) is 31.2 Å². The van der Waals surface area contributed by atoms with Crippen LogP contribution < -0.4 is 5.32 Å². The molecule has 2 amide bonds. The molecule has 1 fully saturated rings. The largest absolute Gasteiger partial charge is 0.339 e. The van der Waals surface area contributed by atoms with Gasteiger partial charge in [0, 0.05) is 37.6 Å². The summed E-state index contributed by atoms with van der Waals surface area (Å²) < 4.78 is 1.80. The van der Waals surface area contributed by atoms with Gasteiger partial charge in [0.25, 0.3) is 0 Å². The molecule has 0 spiro atoms. The number of anilines is 1. The van der Waals surface area contributed by atoms with Gasteiger partial charge in [0.2, 0.25) is 11.8 Å². The predicted molar refractivity (Wildman–Crippen MR) is 134 cm³/mol. The fourth-order valence-corrected chi connectivity index (χ4v) is 6.21. The number of piperazine rings is 1. The Morgan fingerprint density at radius 2 is 1.69 bits per heavy atom. The number of carbonyl (C=O) groups is 2. The smallest absolute Gasteiger partial charge is 0.238 e. The van der Waals surface area contributed by atoms with Gasteiger partial charge >= 0.3 is 0 Å². The van der Waals surface area contributed by atoms with Crippen molar-refractivity contribution in [2.45, 2.75) is 36.4 Å². The Bertz CT molecular complexity index is 906. The van der Waals surface area contributed by atoms with Crippen molar-refractivity contribution in [1.82, 2.24) is 20.0 Å². The van der Waals surface area contributed by atoms with Gasteiger partial charge in [-0.2, -0.15) is 0 Å². The van der Waals surface area contributed by atoms with E-state index in [9.17, 15) is 9.59 Å². The van der Waals surface area contributed by atoms with Crippen LogP contribution in [0.2, 0.25) is 0 Å². The van der Waals surface area contributed by atoms with Crippen LogP contribution in [0, 0.1) is 19.8 Å². The molecule has 2 heterocycles. The van der Waals surface area contributed by atoms with Crippen molar-refractivity contribution < 1.29 is 9.59 Å². The maximum atomic E-state index is 12.6. The molecule has 0 bridgehead atoms. The number of carbonyl (C=O) groups excluding carboxylic acids is 2. The molecule has 32 heavy (non-hydrogen) atoms. The Kier molecular flexibility index (Phi) is 9.39. The summed E-state index contributed by atoms with van der Waals surface area (Å²) in [6, 6.07) is 5.99. The zero-order valence-electron chi connectivity index (χ0n) is 19.1. The van der Waals surface area contributed by atoms with Crippen molar-refractivity contribution in [3.63, 3.8) is 0 Å². The van der Waals surface area contributed by atoms with Crippen LogP contribution in [0.4, 0.5) is 5.69 Å². The highest BCUT2D eigenvalue weighted by Crippen LogP contribution is 2.30. The van der Waals surface area contributed by atoms with Crippen molar-refractivity contribution in [3.05, 3.63) is 29.3 Å². The van der Waals surface area contributed by atoms with Crippen LogP contribution in [0.1, 0.15) is 25.0 Å². The Balaban J connectivity index is 1.38. The number of para-hydroxylation sites is 1. The molecule has 0 saturated carbocycles. The van der Waals surface area contributed by atoms with Crippen LogP contribution in [0.25, 0.3) is 0 Å². The first-order valence-corrected chi connectivity index (χ1v) is 13.6. The number of thioether (sulfide) groups is 2. The molecule has 1 aliphatic heterocycles. The maximum Gasteiger partial charge on any atom is 0.238 e. The lowest BCUT2D eigenvalue weighted by Crippen LogP contribution is -2.50. The number of rotatable bonds is 9. The molecule has 2 aromatic rings. The molecule has 174 valence electrons. The molecule has 0 atom stereocenters. The molecular weight excluding hydrogens is 462 g/mol. The summed E-state index contributed by atoms with van der Waals surface area (Å²) >= 11 is 4.73. The van der Waals surface area contributed by atoms with Crippen LogP contribution in [-0.4, -0.2) is 76.0 Å². The molecule has 7 nitrogen and oxygen atoms in total. The SMILES string of the molecule is Cc1cccc(C)c1NC(=O)CN1CCN(C(=O)CSc2nnc(SCC(C)C)s2)CC1. The zero-order chi connectivity index (χ0) is 23.1. The molecule has 1 aromatic heterocycles. The number of hydrogen-bond acceptors (Lipinski definition) is 8. The second-order valence-electron chi connectivity index (χ2n) is 8.30. The highest BCUT2D eigenvalue weighted by Gasteiger charge is 2.23. The van der Waals surface area contributed by atoms with E-state index in [1.807, 2.05) is 36.9 Å². The molecule has 3 rings (SSSR count). The molecular formula is C22H31N5O2S3. The maximum absolute atomic E-state index is 12.6. The molecule has 0 aliphatic carbocycles. The van der Waals surface area contributed by atoms with E-state index in [0.29, 0.717) is 44.4 Å². The molecule has 0 radical (unpaired) electrons. The second-order valence-corrected chi connectivity index (χ2v) is 11.8. The number of hydrogen-bond donors (Lipinski definition) is 1. The van der Waals surface area contributed by atoms with Crippen LogP contribution >= 0.6 is 34.9 Å². The molecule has 1 aromatic carbocycles. The summed E-state index contributed by atoms with van der Waals surface area (Å²) in [7, 11) is 0. The van der Waals surface area contributed by atoms with Gasteiger partial charge in [-0.15, -0.1) is 10.2 Å². The van der Waals surface area contributed by atoms with Gasteiger partial charge in [-0.3, -0.25) is 14.5 Å². The fraction of sp³-hybridized carbons (Fsp3) is 0.545. The Morgan fingerprint density at radius 1 is 1.06 bits per heavy atom. The quantitative estimate of drug-likeness (QED) is 0.533. The number of benzene rings is 1. The molecule has 1 saturated heterocycles. The van der Waals surface area contributed by atoms with E-state index in [-0.39, 0.29) is 11.8 Å². The van der Waals surface area contributed by atoms with Crippen molar-refractivity contribution in [2.75, 3.05) is 49.5 Å². The lowest BCUT2D eigenvalue weighted by Gasteiger charge is -2.34. The minimum Gasteiger partial charge on any atom is -0.339 e. The topological polar surface area (TPSA) is 78.4 Å². The number of nitrogens with zero attached hydrogens (tertiary/aromatic N) is 4. The number of aromatic nitrogens is 2. The third-order valence-electron chi connectivity index (χ3n) is 5.08. The minimum atomic E-state index is -0.0138. The average molecular weight is 494 g/mol. The van der Waals surface area contributed by atoms with Gasteiger partial charge in [0.05, 0.1) is 12.3 Å². The third-order valence-corrected chi connectivity index (χ3v) is 8.69. The third kappa shape index (κ3) is 7.47. The van der Waals surface area contributed by atoms with E-state index >= 15 is 0 Å². The van der Waals surface area contributed by atoms with Gasteiger partial charge in [0.1, 0.15) is 0 Å². The van der Waals surface area contributed by atoms with E-state index in [1.165, 1.54) is 11.8 Å². The average Bonchev–Trinajstić information content (AvgIpc) is 3.22. The van der Waals surface area contributed by atoms with Crippen LogP contribution in [0.15, 0.2) is 26.9 Å². The summed E-state index contributed by atoms with van der Waals surface area (Å²) in [4.78, 5) is 29.1. The number of nitrogens with one attached hydrogen (secondary N) is 1. The monoisotopic (exact) mass is 493 g/mol. The van der Waals surface area contributed by atoms with E-state index < -0.39 is 0 Å². The van der Waals surface area contributed by atoms with Gasteiger partial charge in [-0.1, -0.05) is 66.9 Å². The molecule has 10 heteroatoms. The van der Waals surface area contributed by atoms with Crippen molar-refractivity contribution in [1.29, 1.82) is 0 Å². The van der Waals surface area contributed by atoms with Gasteiger partial charge in [0.15, 0.2) is 8.68 Å². The van der Waals surface area contributed by atoms with E-state index in [2.05, 4.69) is 34.3 Å². The first-order chi connectivity index (χ1) is 15.3. The van der Waals surface area contributed by atoms with E-state index in [1.54, 1.807) is 23.1 Å². The lowest BCUT2D eigenvalue weighted by molar-refractivity contribution is -0.130. The predicted octanol–water partition coefficient (Wildman–Crippen LogP) is 3.78. The van der Waals surface area contributed by atoms with Crippen molar-refractivity contribution >= 4 is 52.4 Å². The van der Waals surface area contributed by atoms with Gasteiger partial charge in [-0.05, 0) is 30.9 Å². The first kappa shape index (κ1) is 25.0. The Morgan fingerprint density at radius 3 is 2.31 bits per heavy atom. The van der Waals surface area contributed by atoms with Crippen LogP contribution in [-0.2, 0) is 9.59 Å².